The fourth-order valence-corrected chi connectivity index (χ4v) is 2.92. The summed E-state index contributed by atoms with van der Waals surface area (Å²) in [5.74, 6) is 0.0529. The first kappa shape index (κ1) is 20.9. The lowest BCUT2D eigenvalue weighted by atomic mass is 10.0. The molecule has 0 fully saturated rings. The van der Waals surface area contributed by atoms with E-state index in [1.165, 1.54) is 37.5 Å². The third-order valence-electron chi connectivity index (χ3n) is 4.19. The van der Waals surface area contributed by atoms with Gasteiger partial charge in [-0.3, -0.25) is 4.79 Å². The number of hydrogen-bond acceptors (Lipinski definition) is 4. The third kappa shape index (κ3) is 4.27. The number of allylic oxidation sites excluding steroid dienone is 4. The Morgan fingerprint density at radius 1 is 1.10 bits per heavy atom. The molecule has 0 spiro atoms. The van der Waals surface area contributed by atoms with E-state index in [1.54, 1.807) is 30.3 Å². The van der Waals surface area contributed by atoms with Gasteiger partial charge in [-0.15, -0.1) is 13.2 Å². The fraction of sp³-hybridized carbons (Fsp3) is 0.0909. The van der Waals surface area contributed by atoms with Crippen LogP contribution in [-0.4, -0.2) is 23.3 Å². The van der Waals surface area contributed by atoms with Crippen LogP contribution in [0.25, 0.3) is 27.7 Å². The van der Waals surface area contributed by atoms with E-state index < -0.39 is 17.7 Å². The molecular formula is C22H17F3N2O3. The molecule has 0 aliphatic heterocycles. The van der Waals surface area contributed by atoms with Crippen LogP contribution in [-0.2, 0) is 0 Å². The second kappa shape index (κ2) is 8.28. The summed E-state index contributed by atoms with van der Waals surface area (Å²) >= 11 is 0. The van der Waals surface area contributed by atoms with E-state index in [9.17, 15) is 18.0 Å². The van der Waals surface area contributed by atoms with Gasteiger partial charge in [-0.1, -0.05) is 31.4 Å². The predicted octanol–water partition coefficient (Wildman–Crippen LogP) is 5.18. The van der Waals surface area contributed by atoms with Gasteiger partial charge < -0.3 is 9.47 Å². The highest BCUT2D eigenvalue weighted by molar-refractivity contribution is 5.95. The quantitative estimate of drug-likeness (QED) is 0.522. The van der Waals surface area contributed by atoms with Crippen molar-refractivity contribution in [2.24, 2.45) is 0 Å². The van der Waals surface area contributed by atoms with Gasteiger partial charge in [0.25, 0.3) is 5.56 Å². The Morgan fingerprint density at radius 3 is 2.50 bits per heavy atom. The highest BCUT2D eigenvalue weighted by Gasteiger charge is 2.31. The van der Waals surface area contributed by atoms with Gasteiger partial charge in [0.05, 0.1) is 23.9 Å². The molecule has 0 N–H and O–H groups in total. The van der Waals surface area contributed by atoms with E-state index in [-0.39, 0.29) is 11.1 Å². The number of nitrogens with zero attached hydrogens (tertiary/aromatic N) is 2. The molecule has 30 heavy (non-hydrogen) atoms. The molecule has 0 saturated carbocycles. The second-order valence-corrected chi connectivity index (χ2v) is 6.08. The molecule has 1 aromatic heterocycles. The average molecular weight is 414 g/mol. The number of halogens is 3. The zero-order chi connectivity index (χ0) is 21.9. The maximum absolute atomic E-state index is 13.1. The van der Waals surface area contributed by atoms with E-state index in [2.05, 4.69) is 23.0 Å². The molecule has 0 unspecified atom stereocenters. The molecule has 2 aromatic carbocycles. The van der Waals surface area contributed by atoms with Crippen molar-refractivity contribution in [2.45, 2.75) is 6.36 Å². The maximum Gasteiger partial charge on any atom is 0.573 e. The Hall–Kier alpha value is -3.81. The van der Waals surface area contributed by atoms with E-state index in [0.29, 0.717) is 22.4 Å². The minimum atomic E-state index is -4.83. The second-order valence-electron chi connectivity index (χ2n) is 6.08. The first-order valence-electron chi connectivity index (χ1n) is 8.70. The Kier molecular flexibility index (Phi) is 5.77. The van der Waals surface area contributed by atoms with Crippen LogP contribution in [0.4, 0.5) is 13.2 Å². The van der Waals surface area contributed by atoms with Crippen molar-refractivity contribution >= 4 is 16.5 Å². The molecule has 5 nitrogen and oxygen atoms in total. The van der Waals surface area contributed by atoms with Gasteiger partial charge in [0.2, 0.25) is 0 Å². The molecule has 0 atom stereocenters. The molecule has 8 heteroatoms. The molecular weight excluding hydrogens is 397 g/mol. The highest BCUT2D eigenvalue weighted by atomic mass is 19.4. The molecule has 1 heterocycles. The molecule has 0 aliphatic carbocycles. The fourth-order valence-electron chi connectivity index (χ4n) is 2.92. The van der Waals surface area contributed by atoms with E-state index in [1.807, 2.05) is 0 Å². The summed E-state index contributed by atoms with van der Waals surface area (Å²) in [6.07, 6.45) is -0.392. The van der Waals surface area contributed by atoms with Crippen molar-refractivity contribution in [3.05, 3.63) is 84.2 Å². The van der Waals surface area contributed by atoms with Crippen LogP contribution in [0.3, 0.4) is 0 Å². The number of methoxy groups -OCH3 is 1. The van der Waals surface area contributed by atoms with E-state index in [0.717, 1.165) is 4.68 Å². The maximum atomic E-state index is 13.1. The van der Waals surface area contributed by atoms with Gasteiger partial charge >= 0.3 is 6.36 Å². The standard InChI is InChI=1S/C22H17F3N2O3/c1-4-7-15(5-2)27-21(28)19-13-16(29-3)10-11-18(19)20(26-27)14-8-6-9-17(12-14)30-22(23,24)25/h4-13H,1-2H2,3H3/b15-7+. The number of aromatic nitrogens is 2. The predicted molar refractivity (Wildman–Crippen MR) is 109 cm³/mol. The molecule has 0 aliphatic rings. The lowest BCUT2D eigenvalue weighted by molar-refractivity contribution is -0.274. The largest absolute Gasteiger partial charge is 0.573 e. The van der Waals surface area contributed by atoms with Gasteiger partial charge in [-0.25, -0.2) is 0 Å². The van der Waals surface area contributed by atoms with Gasteiger partial charge in [-0.2, -0.15) is 9.78 Å². The van der Waals surface area contributed by atoms with Crippen molar-refractivity contribution in [1.82, 2.24) is 9.78 Å². The lowest BCUT2D eigenvalue weighted by Gasteiger charge is -2.14. The number of benzene rings is 2. The number of hydrogen-bond donors (Lipinski definition) is 0. The van der Waals surface area contributed by atoms with Crippen molar-refractivity contribution in [3.63, 3.8) is 0 Å². The number of alkyl halides is 3. The van der Waals surface area contributed by atoms with E-state index in [4.69, 9.17) is 4.74 Å². The summed E-state index contributed by atoms with van der Waals surface area (Å²) in [7, 11) is 1.46. The van der Waals surface area contributed by atoms with Crippen LogP contribution in [0.15, 0.2) is 78.6 Å². The molecule has 154 valence electrons. The monoisotopic (exact) mass is 414 g/mol. The van der Waals surface area contributed by atoms with Crippen LogP contribution in [0.2, 0.25) is 0 Å². The summed E-state index contributed by atoms with van der Waals surface area (Å²) in [5.41, 5.74) is 0.534. The smallest absolute Gasteiger partial charge is 0.497 e. The summed E-state index contributed by atoms with van der Waals surface area (Å²) in [4.78, 5) is 13.1. The van der Waals surface area contributed by atoms with Crippen molar-refractivity contribution < 1.29 is 22.6 Å². The Labute approximate surface area is 170 Å². The van der Waals surface area contributed by atoms with Crippen LogP contribution in [0.5, 0.6) is 11.5 Å². The zero-order valence-corrected chi connectivity index (χ0v) is 15.9. The zero-order valence-electron chi connectivity index (χ0n) is 15.9. The molecule has 3 rings (SSSR count). The molecule has 0 amide bonds. The summed E-state index contributed by atoms with van der Waals surface area (Å²) in [6.45, 7) is 7.29. The van der Waals surface area contributed by atoms with Crippen LogP contribution >= 0.6 is 0 Å². The Balaban J connectivity index is 2.34. The summed E-state index contributed by atoms with van der Waals surface area (Å²) in [5, 5.41) is 5.12. The third-order valence-corrected chi connectivity index (χ3v) is 4.19. The number of fused-ring (bicyclic) bond motifs is 1. The first-order chi connectivity index (χ1) is 14.3. The van der Waals surface area contributed by atoms with Gasteiger partial charge in [0.1, 0.15) is 11.5 Å². The first-order valence-corrected chi connectivity index (χ1v) is 8.70. The molecule has 3 aromatic rings. The van der Waals surface area contributed by atoms with Crippen LogP contribution < -0.4 is 15.0 Å². The van der Waals surface area contributed by atoms with Crippen LogP contribution in [0.1, 0.15) is 0 Å². The average Bonchev–Trinajstić information content (AvgIpc) is 2.71. The summed E-state index contributed by atoms with van der Waals surface area (Å²) < 4.78 is 48.3. The number of ether oxygens (including phenoxy) is 2. The minimum Gasteiger partial charge on any atom is -0.497 e. The number of rotatable bonds is 6. The van der Waals surface area contributed by atoms with Gasteiger partial charge in [0.15, 0.2) is 0 Å². The van der Waals surface area contributed by atoms with Gasteiger partial charge in [-0.05, 0) is 42.5 Å². The topological polar surface area (TPSA) is 53.4 Å². The normalized spacial score (nSPS) is 11.9. The van der Waals surface area contributed by atoms with Crippen molar-refractivity contribution in [2.75, 3.05) is 7.11 Å². The van der Waals surface area contributed by atoms with Crippen molar-refractivity contribution in [1.29, 1.82) is 0 Å². The van der Waals surface area contributed by atoms with E-state index >= 15 is 0 Å². The SMILES string of the molecule is C=C/C=C(\C=C)n1nc(-c2cccc(OC(F)(F)F)c2)c2ccc(OC)cc2c1=O. The molecule has 0 radical (unpaired) electrons. The molecule has 0 saturated heterocycles. The Morgan fingerprint density at radius 2 is 1.87 bits per heavy atom. The lowest BCUT2D eigenvalue weighted by Crippen LogP contribution is -2.22. The summed E-state index contributed by atoms with van der Waals surface area (Å²) in [6, 6.07) is 10.2. The Bertz CT molecular complexity index is 1210. The van der Waals surface area contributed by atoms with Crippen molar-refractivity contribution in [3.8, 4) is 22.8 Å². The highest BCUT2D eigenvalue weighted by Crippen LogP contribution is 2.31. The molecule has 0 bridgehead atoms. The minimum absolute atomic E-state index is 0.276. The van der Waals surface area contributed by atoms with Gasteiger partial charge in [0, 0.05) is 10.9 Å². The van der Waals surface area contributed by atoms with Crippen LogP contribution in [0, 0.1) is 0 Å².